The van der Waals surface area contributed by atoms with Crippen molar-refractivity contribution in [3.8, 4) is 5.88 Å². The topological polar surface area (TPSA) is 127 Å². The molecule has 29 heavy (non-hydrogen) atoms. The van der Waals surface area contributed by atoms with Gasteiger partial charge in [0.1, 0.15) is 6.10 Å². The first-order valence-corrected chi connectivity index (χ1v) is 11.7. The van der Waals surface area contributed by atoms with Crippen molar-refractivity contribution in [2.24, 2.45) is 5.14 Å². The highest BCUT2D eigenvalue weighted by Crippen LogP contribution is 2.31. The van der Waals surface area contributed by atoms with Crippen LogP contribution in [0.1, 0.15) is 47.0 Å². The van der Waals surface area contributed by atoms with Crippen LogP contribution in [0.3, 0.4) is 0 Å². The number of hydrogen-bond donors (Lipinski definition) is 3. The normalized spacial score (nSPS) is 17.2. The molecule has 160 valence electrons. The molecule has 8 nitrogen and oxygen atoms in total. The number of hydrogen-bond acceptors (Lipinski definition) is 7. The van der Waals surface area contributed by atoms with Gasteiger partial charge in [0.2, 0.25) is 21.9 Å². The highest BCUT2D eigenvalue weighted by atomic mass is 79.9. The van der Waals surface area contributed by atoms with E-state index in [2.05, 4.69) is 31.2 Å². The molecule has 0 saturated carbocycles. The lowest BCUT2D eigenvalue weighted by atomic mass is 10.1. The summed E-state index contributed by atoms with van der Waals surface area (Å²) in [7, 11) is -3.83. The maximum atomic E-state index is 12.2. The minimum atomic E-state index is -3.83. The number of nitrogens with one attached hydrogen (secondary N) is 1. The van der Waals surface area contributed by atoms with Crippen molar-refractivity contribution in [3.05, 3.63) is 44.6 Å². The second-order valence-corrected chi connectivity index (χ2v) is 9.11. The molecular formula is C19H27BrN4O4S. The molecule has 0 amide bonds. The van der Waals surface area contributed by atoms with Crippen molar-refractivity contribution in [3.63, 3.8) is 0 Å². The van der Waals surface area contributed by atoms with Gasteiger partial charge in [-0.25, -0.2) is 18.5 Å². The van der Waals surface area contributed by atoms with Gasteiger partial charge >= 0.3 is 0 Å². The van der Waals surface area contributed by atoms with Gasteiger partial charge in [-0.05, 0) is 66.3 Å². The summed E-state index contributed by atoms with van der Waals surface area (Å²) in [5.74, 6) is 0.582. The first-order chi connectivity index (χ1) is 13.6. The van der Waals surface area contributed by atoms with Gasteiger partial charge in [-0.1, -0.05) is 19.9 Å². The van der Waals surface area contributed by atoms with E-state index >= 15 is 0 Å². The molecule has 0 unspecified atom stereocenters. The van der Waals surface area contributed by atoms with Crippen LogP contribution in [0.15, 0.2) is 44.6 Å². The quantitative estimate of drug-likeness (QED) is 0.513. The summed E-state index contributed by atoms with van der Waals surface area (Å²) in [4.78, 5) is 8.79. The lowest BCUT2D eigenvalue weighted by Gasteiger charge is -2.17. The van der Waals surface area contributed by atoms with Gasteiger partial charge in [-0.2, -0.15) is 4.98 Å². The van der Waals surface area contributed by atoms with Crippen molar-refractivity contribution in [2.45, 2.75) is 59.2 Å². The van der Waals surface area contributed by atoms with Crippen LogP contribution in [0.5, 0.6) is 5.88 Å². The average Bonchev–Trinajstić information content (AvgIpc) is 2.83. The average molecular weight is 487 g/mol. The number of anilines is 1. The SMILES string of the molecule is CCC1=CC(Nc2ncc(Br)c(O[C@H](C)[C@@H](C)O)n2)=CCC(CC)=C1S(N)(=O)=O. The zero-order chi connectivity index (χ0) is 21.8. The second-order valence-electron chi connectivity index (χ2n) is 6.75. The number of allylic oxidation sites excluding steroid dienone is 4. The molecule has 0 fully saturated rings. The number of aliphatic hydroxyl groups excluding tert-OH is 1. The number of ether oxygens (including phenoxy) is 1. The van der Waals surface area contributed by atoms with Crippen molar-refractivity contribution in [2.75, 3.05) is 5.32 Å². The predicted octanol–water partition coefficient (Wildman–Crippen LogP) is 3.38. The molecule has 1 aliphatic rings. The monoisotopic (exact) mass is 486 g/mol. The van der Waals surface area contributed by atoms with Crippen LogP contribution in [0.25, 0.3) is 0 Å². The summed E-state index contributed by atoms with van der Waals surface area (Å²) in [6.45, 7) is 7.16. The van der Waals surface area contributed by atoms with Gasteiger partial charge in [0.15, 0.2) is 0 Å². The van der Waals surface area contributed by atoms with Crippen molar-refractivity contribution >= 4 is 31.9 Å². The highest BCUT2D eigenvalue weighted by molar-refractivity contribution is 9.10. The van der Waals surface area contributed by atoms with E-state index in [9.17, 15) is 13.5 Å². The molecule has 1 heterocycles. The molecule has 0 aromatic carbocycles. The number of nitrogens with zero attached hydrogens (tertiary/aromatic N) is 2. The molecule has 0 aliphatic heterocycles. The number of sulfonamides is 1. The van der Waals surface area contributed by atoms with Crippen molar-refractivity contribution in [1.82, 2.24) is 9.97 Å². The standard InChI is InChI=1S/C19H27BrN4O4S/c1-5-13-7-8-15(9-14(6-2)17(13)29(21,26)27)23-19-22-10-16(20)18(24-19)28-12(4)11(3)25/h8-12,25H,5-7H2,1-4H3,(H2,21,26,27)(H,22,23,24)/t11-,12-/m1/s1. The van der Waals surface area contributed by atoms with E-state index in [1.54, 1.807) is 26.1 Å². The van der Waals surface area contributed by atoms with Gasteiger partial charge in [0.05, 0.1) is 21.7 Å². The summed E-state index contributed by atoms with van der Waals surface area (Å²) in [6, 6.07) is 0. The third-order valence-corrected chi connectivity index (χ3v) is 6.21. The Morgan fingerprint density at radius 2 is 2.03 bits per heavy atom. The van der Waals surface area contributed by atoms with Crippen LogP contribution in [0, 0.1) is 0 Å². The molecule has 0 radical (unpaired) electrons. The number of aromatic nitrogens is 2. The van der Waals surface area contributed by atoms with Gasteiger partial charge in [0.25, 0.3) is 0 Å². The van der Waals surface area contributed by atoms with Gasteiger partial charge < -0.3 is 15.2 Å². The Balaban J connectivity index is 2.35. The molecule has 0 bridgehead atoms. The summed E-state index contributed by atoms with van der Waals surface area (Å²) < 4.78 is 30.5. The number of rotatable bonds is 8. The second kappa shape index (κ2) is 9.84. The van der Waals surface area contributed by atoms with Gasteiger partial charge in [-0.3, -0.25) is 0 Å². The number of aliphatic hydroxyl groups is 1. The van der Waals surface area contributed by atoms with Gasteiger partial charge in [0, 0.05) is 5.70 Å². The maximum absolute atomic E-state index is 12.2. The third kappa shape index (κ3) is 6.11. The van der Waals surface area contributed by atoms with Crippen LogP contribution >= 0.6 is 15.9 Å². The van der Waals surface area contributed by atoms with Crippen LogP contribution in [0.4, 0.5) is 5.95 Å². The van der Waals surface area contributed by atoms with Crippen LogP contribution in [-0.4, -0.2) is 35.7 Å². The van der Waals surface area contributed by atoms with Crippen LogP contribution in [0.2, 0.25) is 0 Å². The van der Waals surface area contributed by atoms with E-state index in [1.165, 1.54) is 0 Å². The van der Waals surface area contributed by atoms with E-state index in [1.807, 2.05) is 19.9 Å². The summed E-state index contributed by atoms with van der Waals surface area (Å²) in [5.41, 5.74) is 2.07. The summed E-state index contributed by atoms with van der Waals surface area (Å²) in [6.07, 6.45) is 5.61. The van der Waals surface area contributed by atoms with Crippen LogP contribution < -0.4 is 15.2 Å². The predicted molar refractivity (Wildman–Crippen MR) is 117 cm³/mol. The first kappa shape index (κ1) is 23.5. The Bertz CT molecular complexity index is 955. The molecule has 2 rings (SSSR count). The molecule has 0 spiro atoms. The highest BCUT2D eigenvalue weighted by Gasteiger charge is 2.23. The van der Waals surface area contributed by atoms with E-state index in [4.69, 9.17) is 9.88 Å². The Labute approximate surface area is 180 Å². The molecule has 0 saturated heterocycles. The van der Waals surface area contributed by atoms with Crippen molar-refractivity contribution in [1.29, 1.82) is 0 Å². The maximum Gasteiger partial charge on any atom is 0.238 e. The fourth-order valence-corrected chi connectivity index (χ4v) is 4.28. The lowest BCUT2D eigenvalue weighted by Crippen LogP contribution is -2.26. The summed E-state index contributed by atoms with van der Waals surface area (Å²) >= 11 is 3.34. The lowest BCUT2D eigenvalue weighted by molar-refractivity contribution is 0.0569. The fraction of sp³-hybridized carbons (Fsp3) is 0.474. The molecule has 1 aromatic rings. The first-order valence-electron chi connectivity index (χ1n) is 9.37. The minimum absolute atomic E-state index is 0.210. The molecule has 1 aliphatic carbocycles. The molecular weight excluding hydrogens is 460 g/mol. The summed E-state index contributed by atoms with van der Waals surface area (Å²) in [5, 5.41) is 18.2. The fourth-order valence-electron chi connectivity index (χ4n) is 2.80. The van der Waals surface area contributed by atoms with E-state index < -0.39 is 22.2 Å². The smallest absolute Gasteiger partial charge is 0.238 e. The zero-order valence-corrected chi connectivity index (χ0v) is 19.3. The Hall–Kier alpha value is -1.75. The van der Waals surface area contributed by atoms with Gasteiger partial charge in [-0.15, -0.1) is 0 Å². The molecule has 4 N–H and O–H groups in total. The molecule has 2 atom stereocenters. The number of primary sulfonamides is 1. The molecule has 10 heteroatoms. The molecule has 1 aromatic heterocycles. The zero-order valence-electron chi connectivity index (χ0n) is 16.9. The Kier molecular flexibility index (Phi) is 7.98. The van der Waals surface area contributed by atoms with Crippen LogP contribution in [-0.2, 0) is 10.0 Å². The van der Waals surface area contributed by atoms with E-state index in [0.29, 0.717) is 40.9 Å². The Morgan fingerprint density at radius 1 is 1.34 bits per heavy atom. The van der Waals surface area contributed by atoms with E-state index in [0.717, 1.165) is 5.57 Å². The van der Waals surface area contributed by atoms with E-state index in [-0.39, 0.29) is 10.9 Å². The minimum Gasteiger partial charge on any atom is -0.471 e. The number of halogens is 1. The third-order valence-electron chi connectivity index (χ3n) is 4.55. The Morgan fingerprint density at radius 3 is 2.59 bits per heavy atom. The largest absolute Gasteiger partial charge is 0.471 e. The number of nitrogens with two attached hydrogens (primary N) is 1. The van der Waals surface area contributed by atoms with Crippen molar-refractivity contribution < 1.29 is 18.3 Å².